The van der Waals surface area contributed by atoms with E-state index in [-0.39, 0.29) is 17.8 Å². The Labute approximate surface area is 166 Å². The minimum atomic E-state index is -1.13. The lowest BCUT2D eigenvalue weighted by atomic mass is 9.38. The van der Waals surface area contributed by atoms with Crippen molar-refractivity contribution in [1.82, 2.24) is 0 Å². The summed E-state index contributed by atoms with van der Waals surface area (Å²) in [6.45, 7) is 11.4. The highest BCUT2D eigenvalue weighted by molar-refractivity contribution is 5.66. The van der Waals surface area contributed by atoms with Gasteiger partial charge >= 0.3 is 5.97 Å². The molecule has 28 heavy (non-hydrogen) atoms. The lowest BCUT2D eigenvalue weighted by Gasteiger charge is -2.68. The van der Waals surface area contributed by atoms with Crippen LogP contribution in [0.1, 0.15) is 53.4 Å². The van der Waals surface area contributed by atoms with Crippen LogP contribution < -0.4 is 0 Å². The number of fused-ring (bicyclic) bond motifs is 3. The predicted octanol–water partition coefficient (Wildman–Crippen LogP) is 1.40. The van der Waals surface area contributed by atoms with Crippen LogP contribution in [-0.4, -0.2) is 56.9 Å². The summed E-state index contributed by atoms with van der Waals surface area (Å²) in [4.78, 5) is 12.0. The van der Waals surface area contributed by atoms with Crippen molar-refractivity contribution in [3.05, 3.63) is 12.2 Å². The third-order valence-corrected chi connectivity index (χ3v) is 9.00. The van der Waals surface area contributed by atoms with Gasteiger partial charge in [0.1, 0.15) is 12.2 Å². The van der Waals surface area contributed by atoms with E-state index >= 15 is 0 Å². The molecule has 0 amide bonds. The molecule has 0 heterocycles. The zero-order valence-electron chi connectivity index (χ0n) is 17.3. The van der Waals surface area contributed by atoms with Gasteiger partial charge in [0, 0.05) is 24.2 Å². The lowest BCUT2D eigenvalue weighted by Crippen LogP contribution is -2.73. The van der Waals surface area contributed by atoms with Crippen LogP contribution in [0.4, 0.5) is 0 Å². The Kier molecular flexibility index (Phi) is 4.38. The summed E-state index contributed by atoms with van der Waals surface area (Å²) in [5, 5.41) is 44.8. The predicted molar refractivity (Wildman–Crippen MR) is 102 cm³/mol. The molecule has 10 atom stereocenters. The molecule has 4 fully saturated rings. The first-order valence-electron chi connectivity index (χ1n) is 10.5. The largest absolute Gasteiger partial charge is 0.459 e. The lowest BCUT2D eigenvalue weighted by molar-refractivity contribution is -0.299. The van der Waals surface area contributed by atoms with Gasteiger partial charge in [-0.2, -0.15) is 0 Å². The Bertz CT molecular complexity index is 703. The van der Waals surface area contributed by atoms with E-state index in [4.69, 9.17) is 4.74 Å². The minimum Gasteiger partial charge on any atom is -0.459 e. The quantitative estimate of drug-likeness (QED) is 0.396. The number of rotatable bonds is 1. The van der Waals surface area contributed by atoms with Crippen LogP contribution in [0, 0.1) is 34.0 Å². The van der Waals surface area contributed by atoms with Crippen LogP contribution >= 0.6 is 0 Å². The summed E-state index contributed by atoms with van der Waals surface area (Å²) >= 11 is 0. The molecule has 0 aromatic carbocycles. The number of hydrogen-bond donors (Lipinski definition) is 4. The molecule has 1 spiro atoms. The molecular formula is C22H34O6. The molecule has 0 saturated heterocycles. The molecule has 0 aromatic heterocycles. The maximum Gasteiger partial charge on any atom is 0.303 e. The molecule has 0 aliphatic heterocycles. The topological polar surface area (TPSA) is 107 Å². The van der Waals surface area contributed by atoms with Gasteiger partial charge in [0.25, 0.3) is 0 Å². The van der Waals surface area contributed by atoms with Gasteiger partial charge in [0.05, 0.1) is 18.3 Å². The molecule has 0 radical (unpaired) electrons. The highest BCUT2D eigenvalue weighted by Crippen LogP contribution is 2.72. The van der Waals surface area contributed by atoms with Gasteiger partial charge in [-0.25, -0.2) is 0 Å². The summed E-state index contributed by atoms with van der Waals surface area (Å²) in [6.07, 6.45) is -1.92. The van der Waals surface area contributed by atoms with Crippen molar-refractivity contribution in [2.24, 2.45) is 34.0 Å². The van der Waals surface area contributed by atoms with Crippen molar-refractivity contribution in [2.75, 3.05) is 0 Å². The van der Waals surface area contributed by atoms with Crippen LogP contribution in [0.2, 0.25) is 0 Å². The van der Waals surface area contributed by atoms with Gasteiger partial charge in [-0.3, -0.25) is 4.79 Å². The van der Waals surface area contributed by atoms with Gasteiger partial charge in [-0.15, -0.1) is 0 Å². The van der Waals surface area contributed by atoms with Crippen molar-refractivity contribution in [1.29, 1.82) is 0 Å². The van der Waals surface area contributed by atoms with Crippen molar-refractivity contribution < 1.29 is 30.0 Å². The van der Waals surface area contributed by atoms with Gasteiger partial charge in [-0.1, -0.05) is 27.4 Å². The SMILES string of the molecule is C=C1[C@@H]2C[C@H](O)[C@H]3[C@]4(C)CC[C@H](O)C(C)(C)[C@H]4[C@@H](OC(C)=O)[C@H](O)[C@@]3(C2)[C@@H]1O. The Balaban J connectivity index is 1.93. The van der Waals surface area contributed by atoms with Gasteiger partial charge in [0.2, 0.25) is 0 Å². The average Bonchev–Trinajstić information content (AvgIpc) is 2.78. The molecule has 6 nitrogen and oxygen atoms in total. The fourth-order valence-corrected chi connectivity index (χ4v) is 8.07. The van der Waals surface area contributed by atoms with Gasteiger partial charge < -0.3 is 25.2 Å². The van der Waals surface area contributed by atoms with Crippen molar-refractivity contribution >= 4 is 5.97 Å². The first-order chi connectivity index (χ1) is 12.9. The van der Waals surface area contributed by atoms with Gasteiger partial charge in [-0.05, 0) is 48.0 Å². The third kappa shape index (κ3) is 2.26. The number of esters is 1. The van der Waals surface area contributed by atoms with E-state index in [2.05, 4.69) is 13.5 Å². The maximum atomic E-state index is 12.0. The monoisotopic (exact) mass is 394 g/mol. The summed E-state index contributed by atoms with van der Waals surface area (Å²) < 4.78 is 5.71. The van der Waals surface area contributed by atoms with Gasteiger partial charge in [0.15, 0.2) is 0 Å². The molecule has 0 aromatic rings. The van der Waals surface area contributed by atoms with Crippen LogP contribution in [0.15, 0.2) is 12.2 Å². The first-order valence-corrected chi connectivity index (χ1v) is 10.5. The molecule has 4 saturated carbocycles. The standard InChI is InChI=1S/C22H34O6/c1-10-12-8-13(24)16-21(5)7-6-14(25)20(3,4)17(21)15(28-11(2)23)19(27)22(16,9-12)18(10)26/h12-19,24-27H,1,6-9H2,2-5H3/t12-,13+,14+,15-,16+,17-,18-,19+,21+,22-/m1/s1. The molecule has 2 bridgehead atoms. The molecule has 4 aliphatic rings. The molecule has 4 rings (SSSR count). The first kappa shape index (κ1) is 20.3. The summed E-state index contributed by atoms with van der Waals surface area (Å²) in [5.41, 5.74) is -1.44. The molecule has 6 heteroatoms. The van der Waals surface area contributed by atoms with E-state index in [0.29, 0.717) is 31.3 Å². The molecule has 158 valence electrons. The van der Waals surface area contributed by atoms with E-state index < -0.39 is 52.7 Å². The van der Waals surface area contributed by atoms with E-state index in [1.807, 2.05) is 13.8 Å². The normalized spacial score (nSPS) is 54.6. The Morgan fingerprint density at radius 3 is 2.39 bits per heavy atom. The fraction of sp³-hybridized carbons (Fsp3) is 0.864. The average molecular weight is 395 g/mol. The number of carbonyl (C=O) groups excluding carboxylic acids is 1. The Morgan fingerprint density at radius 1 is 1.14 bits per heavy atom. The fourth-order valence-electron chi connectivity index (χ4n) is 8.07. The second-order valence-corrected chi connectivity index (χ2v) is 10.6. The number of carbonyl (C=O) groups is 1. The highest BCUT2D eigenvalue weighted by atomic mass is 16.6. The molecule has 4 aliphatic carbocycles. The molecular weight excluding hydrogens is 360 g/mol. The number of aliphatic hydroxyl groups is 4. The smallest absolute Gasteiger partial charge is 0.303 e. The van der Waals surface area contributed by atoms with E-state index in [9.17, 15) is 25.2 Å². The highest BCUT2D eigenvalue weighted by Gasteiger charge is 2.75. The summed E-state index contributed by atoms with van der Waals surface area (Å²) in [5.74, 6) is -1.23. The van der Waals surface area contributed by atoms with E-state index in [0.717, 1.165) is 0 Å². The summed E-state index contributed by atoms with van der Waals surface area (Å²) in [7, 11) is 0. The van der Waals surface area contributed by atoms with Crippen LogP contribution in [-0.2, 0) is 9.53 Å². The van der Waals surface area contributed by atoms with E-state index in [1.165, 1.54) is 6.92 Å². The molecule has 4 N–H and O–H groups in total. The van der Waals surface area contributed by atoms with Crippen molar-refractivity contribution in [3.63, 3.8) is 0 Å². The number of hydrogen-bond acceptors (Lipinski definition) is 6. The van der Waals surface area contributed by atoms with Crippen molar-refractivity contribution in [3.8, 4) is 0 Å². The second kappa shape index (κ2) is 6.03. The number of ether oxygens (including phenoxy) is 1. The van der Waals surface area contributed by atoms with E-state index in [1.54, 1.807) is 0 Å². The van der Waals surface area contributed by atoms with Crippen LogP contribution in [0.5, 0.6) is 0 Å². The maximum absolute atomic E-state index is 12.0. The third-order valence-electron chi connectivity index (χ3n) is 9.00. The number of aliphatic hydroxyl groups excluding tert-OH is 4. The van der Waals surface area contributed by atoms with Crippen LogP contribution in [0.3, 0.4) is 0 Å². The minimum absolute atomic E-state index is 0.0452. The summed E-state index contributed by atoms with van der Waals surface area (Å²) in [6, 6.07) is 0. The Hall–Kier alpha value is -0.950. The van der Waals surface area contributed by atoms with Crippen LogP contribution in [0.25, 0.3) is 0 Å². The van der Waals surface area contributed by atoms with Crippen molar-refractivity contribution in [2.45, 2.75) is 83.9 Å². The Morgan fingerprint density at radius 2 is 1.79 bits per heavy atom. The zero-order chi connectivity index (χ0) is 20.8. The second-order valence-electron chi connectivity index (χ2n) is 10.6. The molecule has 0 unspecified atom stereocenters. The zero-order valence-corrected chi connectivity index (χ0v) is 17.3.